The Kier molecular flexibility index (Phi) is 16.7. The molecule has 3 aromatic carbocycles. The number of aliphatic hydroxyl groups excluding tert-OH is 2. The number of hydrogen-bond donors (Lipinski definition) is 3. The molecule has 0 aromatic heterocycles. The van der Waals surface area contributed by atoms with Crippen molar-refractivity contribution in [2.24, 2.45) is 0 Å². The first kappa shape index (κ1) is 34.6. The average Bonchev–Trinajstić information content (AvgIpc) is 3.74. The van der Waals surface area contributed by atoms with Crippen molar-refractivity contribution in [3.05, 3.63) is 120 Å². The molecule has 0 spiro atoms. The van der Waals surface area contributed by atoms with Crippen LogP contribution in [0.5, 0.6) is 11.5 Å². The molecule has 5 nitrogen and oxygen atoms in total. The van der Waals surface area contributed by atoms with Gasteiger partial charge >= 0.3 is 0 Å². The lowest BCUT2D eigenvalue weighted by Crippen LogP contribution is -2.02. The van der Waals surface area contributed by atoms with Crippen molar-refractivity contribution >= 4 is 11.1 Å². The van der Waals surface area contributed by atoms with Crippen LogP contribution in [0.15, 0.2) is 104 Å². The quantitative estimate of drug-likeness (QED) is 0.0847. The zero-order valence-electron chi connectivity index (χ0n) is 25.6. The fourth-order valence-electron chi connectivity index (χ4n) is 4.41. The Labute approximate surface area is 253 Å². The predicted molar refractivity (Wildman–Crippen MR) is 177 cm³/mol. The fraction of sp³-hybridized carbons (Fsp3) is 0.351. The Morgan fingerprint density at radius 1 is 0.905 bits per heavy atom. The number of likely N-dealkylation sites (N-methyl/N-ethyl adjacent to an activating group) is 1. The van der Waals surface area contributed by atoms with Gasteiger partial charge in [-0.3, -0.25) is 0 Å². The fourth-order valence-corrected chi connectivity index (χ4v) is 4.41. The van der Waals surface area contributed by atoms with Crippen LogP contribution < -0.4 is 4.74 Å². The molecule has 1 unspecified atom stereocenters. The van der Waals surface area contributed by atoms with E-state index in [1.165, 1.54) is 18.5 Å². The monoisotopic (exact) mass is 571 g/mol. The molecular formula is C37H49NO4. The summed E-state index contributed by atoms with van der Waals surface area (Å²) in [5, 5.41) is 27.2. The summed E-state index contributed by atoms with van der Waals surface area (Å²) in [6, 6.07) is 26.7. The van der Waals surface area contributed by atoms with Crippen LogP contribution in [0.4, 0.5) is 0 Å². The largest absolute Gasteiger partial charge is 0.508 e. The normalized spacial score (nSPS) is 15.9. The summed E-state index contributed by atoms with van der Waals surface area (Å²) in [5.41, 5.74) is 5.55. The lowest BCUT2D eigenvalue weighted by Gasteiger charge is -2.18. The molecule has 0 aliphatic carbocycles. The van der Waals surface area contributed by atoms with E-state index in [9.17, 15) is 10.2 Å². The minimum Gasteiger partial charge on any atom is -0.508 e. The van der Waals surface area contributed by atoms with Gasteiger partial charge in [-0.05, 0) is 98.2 Å². The molecular weight excluding hydrogens is 522 g/mol. The summed E-state index contributed by atoms with van der Waals surface area (Å²) >= 11 is 0. The van der Waals surface area contributed by atoms with Gasteiger partial charge in [-0.1, -0.05) is 86.3 Å². The van der Waals surface area contributed by atoms with E-state index in [0.717, 1.165) is 59.9 Å². The number of aromatic hydroxyl groups is 1. The molecule has 3 N–H and O–H groups in total. The van der Waals surface area contributed by atoms with Crippen molar-refractivity contribution in [3.8, 4) is 11.5 Å². The lowest BCUT2D eigenvalue weighted by molar-refractivity contribution is 0.290. The molecule has 5 heteroatoms. The highest BCUT2D eigenvalue weighted by molar-refractivity contribution is 5.98. The molecule has 4 rings (SSSR count). The molecule has 1 heterocycles. The summed E-state index contributed by atoms with van der Waals surface area (Å²) in [7, 11) is 2.16. The highest BCUT2D eigenvalue weighted by atomic mass is 16.5. The third kappa shape index (κ3) is 12.5. The SMILES string of the molecule is C=C/C=C\C.CCCO.CN1C[C@H]1CCCOc1ccc(/C(=C(/CCCO)c2ccccc2)c2ccc(O)cc2)cc1. The Bertz CT molecular complexity index is 1200. The Balaban J connectivity index is 0.000000600. The van der Waals surface area contributed by atoms with Crippen molar-refractivity contribution in [2.45, 2.75) is 52.0 Å². The number of phenolic OH excluding ortho intramolecular Hbond substituents is 1. The number of aliphatic hydroxyl groups is 2. The highest BCUT2D eigenvalue weighted by Crippen LogP contribution is 2.36. The van der Waals surface area contributed by atoms with Crippen LogP contribution in [0.3, 0.4) is 0 Å². The number of hydrogen-bond acceptors (Lipinski definition) is 5. The minimum absolute atomic E-state index is 0.141. The second-order valence-corrected chi connectivity index (χ2v) is 10.2. The van der Waals surface area contributed by atoms with Crippen molar-refractivity contribution in [1.29, 1.82) is 0 Å². The first-order valence-electron chi connectivity index (χ1n) is 15.0. The van der Waals surface area contributed by atoms with Crippen LogP contribution >= 0.6 is 0 Å². The van der Waals surface area contributed by atoms with E-state index in [1.54, 1.807) is 18.2 Å². The number of ether oxygens (including phenoxy) is 1. The molecule has 226 valence electrons. The molecule has 1 saturated heterocycles. The Hall–Kier alpha value is -3.64. The van der Waals surface area contributed by atoms with Gasteiger partial charge in [0.25, 0.3) is 0 Å². The van der Waals surface area contributed by atoms with Crippen LogP contribution in [-0.2, 0) is 0 Å². The maximum Gasteiger partial charge on any atom is 0.119 e. The standard InChI is InChI=1S/C29H33NO3.C5H8.C3H8O/c1-30-21-25(30)9-6-20-33-27-17-13-24(14-18-27)29(23-11-15-26(32)16-12-23)28(10-5-19-31)22-7-3-2-4-8-22;1-3-5-4-2;1-2-3-4/h2-4,7-8,11-18,25,31-32H,5-6,9-10,19-21H2,1H3;3-5H,1H2,2H3;4H,2-3H2,1H3/b29-28-;5-4-;/t25-,30?;;/m1../s1. The molecule has 0 saturated carbocycles. The molecule has 42 heavy (non-hydrogen) atoms. The van der Waals surface area contributed by atoms with E-state index in [2.05, 4.69) is 42.8 Å². The van der Waals surface area contributed by atoms with E-state index in [4.69, 9.17) is 9.84 Å². The van der Waals surface area contributed by atoms with Gasteiger partial charge in [0.05, 0.1) is 6.61 Å². The van der Waals surface area contributed by atoms with E-state index in [1.807, 2.05) is 68.5 Å². The summed E-state index contributed by atoms with van der Waals surface area (Å²) in [5.74, 6) is 1.13. The number of nitrogens with zero attached hydrogens (tertiary/aromatic N) is 1. The first-order valence-corrected chi connectivity index (χ1v) is 15.0. The molecule has 2 atom stereocenters. The third-order valence-corrected chi connectivity index (χ3v) is 6.80. The maximum atomic E-state index is 9.83. The molecule has 3 aromatic rings. The van der Waals surface area contributed by atoms with E-state index in [-0.39, 0.29) is 12.4 Å². The smallest absolute Gasteiger partial charge is 0.119 e. The molecule has 0 amide bonds. The van der Waals surface area contributed by atoms with Crippen molar-refractivity contribution in [2.75, 3.05) is 33.4 Å². The van der Waals surface area contributed by atoms with Crippen molar-refractivity contribution in [3.63, 3.8) is 0 Å². The zero-order valence-corrected chi connectivity index (χ0v) is 25.6. The Morgan fingerprint density at radius 2 is 1.50 bits per heavy atom. The van der Waals surface area contributed by atoms with E-state index >= 15 is 0 Å². The number of phenols is 1. The molecule has 1 aliphatic heterocycles. The molecule has 0 radical (unpaired) electrons. The minimum atomic E-state index is 0.141. The van der Waals surface area contributed by atoms with Gasteiger partial charge in [0, 0.05) is 25.8 Å². The highest BCUT2D eigenvalue weighted by Gasteiger charge is 2.28. The summed E-state index contributed by atoms with van der Waals surface area (Å²) in [6.07, 6.45) is 10.1. The van der Waals surface area contributed by atoms with Crippen LogP contribution in [0.2, 0.25) is 0 Å². The van der Waals surface area contributed by atoms with E-state index < -0.39 is 0 Å². The number of benzene rings is 3. The average molecular weight is 572 g/mol. The summed E-state index contributed by atoms with van der Waals surface area (Å²) in [6.45, 7) is 9.76. The van der Waals surface area contributed by atoms with Crippen LogP contribution in [-0.4, -0.2) is 59.7 Å². The van der Waals surface area contributed by atoms with Gasteiger partial charge in [0.2, 0.25) is 0 Å². The van der Waals surface area contributed by atoms with Gasteiger partial charge in [0.15, 0.2) is 0 Å². The predicted octanol–water partition coefficient (Wildman–Crippen LogP) is 7.73. The zero-order chi connectivity index (χ0) is 30.6. The van der Waals surface area contributed by atoms with Gasteiger partial charge in [-0.2, -0.15) is 0 Å². The summed E-state index contributed by atoms with van der Waals surface area (Å²) in [4.78, 5) is 2.35. The second kappa shape index (κ2) is 20.3. The number of rotatable bonds is 13. The van der Waals surface area contributed by atoms with Crippen molar-refractivity contribution < 1.29 is 20.1 Å². The topological polar surface area (TPSA) is 72.9 Å². The van der Waals surface area contributed by atoms with Gasteiger partial charge in [-0.25, -0.2) is 0 Å². The Morgan fingerprint density at radius 3 is 1.98 bits per heavy atom. The van der Waals surface area contributed by atoms with Crippen molar-refractivity contribution in [1.82, 2.24) is 4.90 Å². The van der Waals surface area contributed by atoms with Crippen LogP contribution in [0.25, 0.3) is 11.1 Å². The molecule has 0 bridgehead atoms. The van der Waals surface area contributed by atoms with Crippen LogP contribution in [0, 0.1) is 0 Å². The van der Waals surface area contributed by atoms with Gasteiger partial charge in [0.1, 0.15) is 11.5 Å². The second-order valence-electron chi connectivity index (χ2n) is 10.2. The molecule has 1 fully saturated rings. The molecule has 1 aliphatic rings. The first-order chi connectivity index (χ1) is 20.5. The van der Waals surface area contributed by atoms with Gasteiger partial charge in [-0.15, -0.1) is 0 Å². The third-order valence-electron chi connectivity index (χ3n) is 6.80. The van der Waals surface area contributed by atoms with Gasteiger partial charge < -0.3 is 25.0 Å². The number of allylic oxidation sites excluding steroid dienone is 4. The maximum absolute atomic E-state index is 9.83. The summed E-state index contributed by atoms with van der Waals surface area (Å²) < 4.78 is 5.98. The van der Waals surface area contributed by atoms with E-state index in [0.29, 0.717) is 13.0 Å². The lowest BCUT2D eigenvalue weighted by atomic mass is 9.87. The van der Waals surface area contributed by atoms with Crippen LogP contribution in [0.1, 0.15) is 62.6 Å².